The Balaban J connectivity index is -0.00000180. The maximum Gasteiger partial charge on any atom is 1.00 e. The summed E-state index contributed by atoms with van der Waals surface area (Å²) in [4.78, 5) is 12.6. The van der Waals surface area contributed by atoms with E-state index < -0.39 is 0 Å². The molecule has 21 heavy (non-hydrogen) atoms. The molecule has 0 aromatic heterocycles. The Kier molecular flexibility index (Phi) is 17.4. The van der Waals surface area contributed by atoms with E-state index in [2.05, 4.69) is 27.7 Å². The molecule has 0 saturated carbocycles. The molecule has 0 aromatic carbocycles. The van der Waals surface area contributed by atoms with Gasteiger partial charge in [-0.3, -0.25) is 4.79 Å². The van der Waals surface area contributed by atoms with Gasteiger partial charge in [0.1, 0.15) is 0 Å². The fourth-order valence-corrected chi connectivity index (χ4v) is 2.69. The predicted molar refractivity (Wildman–Crippen MR) is 88.0 cm³/mol. The average molecular weight is 308 g/mol. The number of rotatable bonds is 13. The van der Waals surface area contributed by atoms with E-state index in [4.69, 9.17) is 4.74 Å². The van der Waals surface area contributed by atoms with Crippen molar-refractivity contribution < 1.29 is 40.5 Å². The van der Waals surface area contributed by atoms with Crippen LogP contribution in [-0.4, -0.2) is 12.6 Å². The second-order valence-corrected chi connectivity index (χ2v) is 6.08. The Morgan fingerprint density at radius 3 is 1.52 bits per heavy atom. The summed E-state index contributed by atoms with van der Waals surface area (Å²) in [6, 6.07) is 0. The molecule has 0 aromatic rings. The summed E-state index contributed by atoms with van der Waals surface area (Å²) in [6.07, 6.45) is 12.0. The smallest absolute Gasteiger partial charge is 1.00 e. The van der Waals surface area contributed by atoms with Gasteiger partial charge in [0.25, 0.3) is 0 Å². The fraction of sp³-hybridized carbons (Fsp3) is 0.944. The van der Waals surface area contributed by atoms with Gasteiger partial charge in [-0.15, -0.1) is 0 Å². The molecule has 0 unspecified atom stereocenters. The minimum absolute atomic E-state index is 0. The van der Waals surface area contributed by atoms with Gasteiger partial charge in [-0.25, -0.2) is 0 Å². The van der Waals surface area contributed by atoms with E-state index in [9.17, 15) is 4.79 Å². The summed E-state index contributed by atoms with van der Waals surface area (Å²) in [5.41, 5.74) is -0.199. The van der Waals surface area contributed by atoms with Crippen molar-refractivity contribution in [2.45, 2.75) is 98.3 Å². The molecule has 0 atom stereocenters. The van der Waals surface area contributed by atoms with Gasteiger partial charge < -0.3 is 6.16 Å². The van der Waals surface area contributed by atoms with E-state index in [0.717, 1.165) is 70.6 Å². The van der Waals surface area contributed by atoms with E-state index >= 15 is 0 Å². The van der Waals surface area contributed by atoms with Crippen molar-refractivity contribution in [1.82, 2.24) is 0 Å². The number of carbonyl (C=O) groups excluding carboxylic acids is 1. The fourth-order valence-electron chi connectivity index (χ4n) is 2.69. The normalized spacial score (nSPS) is 11.0. The first kappa shape index (κ1) is 23.7. The number of carbonyl (C=O) groups is 1. The summed E-state index contributed by atoms with van der Waals surface area (Å²) in [5.74, 6) is 0.0845. The number of esters is 1. The van der Waals surface area contributed by atoms with E-state index in [-0.39, 0.29) is 42.4 Å². The van der Waals surface area contributed by atoms with Crippen LogP contribution in [0.1, 0.15) is 99.8 Å². The quantitative estimate of drug-likeness (QED) is 0.297. The predicted octanol–water partition coefficient (Wildman–Crippen LogP) is 3.00. The summed E-state index contributed by atoms with van der Waals surface area (Å²) in [6.45, 7) is 9.33. The Morgan fingerprint density at radius 1 is 0.810 bits per heavy atom. The Morgan fingerprint density at radius 2 is 1.19 bits per heavy atom. The zero-order chi connectivity index (χ0) is 15.3. The second kappa shape index (κ2) is 15.4. The third-order valence-corrected chi connectivity index (χ3v) is 4.19. The third kappa shape index (κ3) is 9.97. The van der Waals surface area contributed by atoms with Crippen LogP contribution in [0.5, 0.6) is 0 Å². The van der Waals surface area contributed by atoms with Crippen molar-refractivity contribution in [2.24, 2.45) is 5.41 Å². The van der Waals surface area contributed by atoms with Gasteiger partial charge in [-0.2, -0.15) is 0 Å². The topological polar surface area (TPSA) is 26.3 Å². The van der Waals surface area contributed by atoms with Gasteiger partial charge in [0.05, 0.1) is 12.0 Å². The average Bonchev–Trinajstić information content (AvgIpc) is 2.47. The molecule has 0 radical (unpaired) electrons. The molecule has 0 aliphatic heterocycles. The van der Waals surface area contributed by atoms with Gasteiger partial charge in [0.2, 0.25) is 0 Å². The Labute approximate surface area is 156 Å². The molecule has 0 spiro atoms. The maximum atomic E-state index is 12.6. The van der Waals surface area contributed by atoms with Crippen molar-refractivity contribution in [2.75, 3.05) is 6.61 Å². The number of ether oxygens (including phenoxy) is 1. The van der Waals surface area contributed by atoms with Crippen molar-refractivity contribution in [1.29, 1.82) is 0 Å². The standard InChI is InChI=1S/C18H36O2.Na.H/c1-5-9-13-18(14-10-6-2,15-11-7-3)17(19)20-16-12-8-4;;/h5-16H2,1-4H3;;/q;+1;-1. The second-order valence-electron chi connectivity index (χ2n) is 6.08. The third-order valence-electron chi connectivity index (χ3n) is 4.19. The largest absolute Gasteiger partial charge is 1.00 e. The van der Waals surface area contributed by atoms with Crippen LogP contribution in [-0.2, 0) is 9.53 Å². The summed E-state index contributed by atoms with van der Waals surface area (Å²) < 4.78 is 5.60. The van der Waals surface area contributed by atoms with Gasteiger partial charge in [-0.1, -0.05) is 72.6 Å². The minimum atomic E-state index is -0.199. The van der Waals surface area contributed by atoms with Gasteiger partial charge in [-0.05, 0) is 25.7 Å². The van der Waals surface area contributed by atoms with Crippen LogP contribution in [0.25, 0.3) is 0 Å². The van der Waals surface area contributed by atoms with E-state index in [1.165, 1.54) is 0 Å². The van der Waals surface area contributed by atoms with Crippen LogP contribution < -0.4 is 29.6 Å². The summed E-state index contributed by atoms with van der Waals surface area (Å²) >= 11 is 0. The van der Waals surface area contributed by atoms with E-state index in [1.54, 1.807) is 0 Å². The molecule has 122 valence electrons. The molecule has 0 fully saturated rings. The Bertz CT molecular complexity index is 225. The van der Waals surface area contributed by atoms with Crippen molar-refractivity contribution in [3.05, 3.63) is 0 Å². The zero-order valence-corrected chi connectivity index (χ0v) is 17.3. The van der Waals surface area contributed by atoms with Crippen molar-refractivity contribution in [3.8, 4) is 0 Å². The summed E-state index contributed by atoms with van der Waals surface area (Å²) in [5, 5.41) is 0. The van der Waals surface area contributed by atoms with Crippen LogP contribution in [0, 0.1) is 5.41 Å². The molecular formula is C18H37NaO2. The number of unbranched alkanes of at least 4 members (excludes halogenated alkanes) is 4. The number of hydrogen-bond donors (Lipinski definition) is 0. The van der Waals surface area contributed by atoms with E-state index in [0.29, 0.717) is 6.61 Å². The molecule has 0 N–H and O–H groups in total. The molecule has 0 aliphatic carbocycles. The first-order valence-corrected chi connectivity index (χ1v) is 8.84. The molecule has 0 saturated heterocycles. The molecule has 0 rings (SSSR count). The molecule has 0 bridgehead atoms. The first-order chi connectivity index (χ1) is 9.66. The van der Waals surface area contributed by atoms with E-state index in [1.807, 2.05) is 0 Å². The van der Waals surface area contributed by atoms with Crippen LogP contribution in [0.15, 0.2) is 0 Å². The van der Waals surface area contributed by atoms with Crippen LogP contribution >= 0.6 is 0 Å². The molecule has 0 aliphatic rings. The maximum absolute atomic E-state index is 12.6. The summed E-state index contributed by atoms with van der Waals surface area (Å²) in [7, 11) is 0. The van der Waals surface area contributed by atoms with Crippen molar-refractivity contribution >= 4 is 5.97 Å². The molecular weight excluding hydrogens is 271 g/mol. The molecule has 3 heteroatoms. The zero-order valence-electron chi connectivity index (χ0n) is 16.3. The molecule has 0 heterocycles. The monoisotopic (exact) mass is 308 g/mol. The molecule has 0 amide bonds. The molecule has 2 nitrogen and oxygen atoms in total. The minimum Gasteiger partial charge on any atom is -1.00 e. The van der Waals surface area contributed by atoms with Gasteiger partial charge >= 0.3 is 35.5 Å². The van der Waals surface area contributed by atoms with Gasteiger partial charge in [0, 0.05) is 0 Å². The van der Waals surface area contributed by atoms with Crippen LogP contribution in [0.2, 0.25) is 0 Å². The van der Waals surface area contributed by atoms with Gasteiger partial charge in [0.15, 0.2) is 0 Å². The first-order valence-electron chi connectivity index (χ1n) is 8.84. The SMILES string of the molecule is CCCCOC(=O)C(CCCC)(CCCC)CCCC.[H-].[Na+]. The number of hydrogen-bond acceptors (Lipinski definition) is 2. The van der Waals surface area contributed by atoms with Crippen LogP contribution in [0.3, 0.4) is 0 Å². The van der Waals surface area contributed by atoms with Crippen LogP contribution in [0.4, 0.5) is 0 Å². The Hall–Kier alpha value is 0.470. The van der Waals surface area contributed by atoms with Crippen molar-refractivity contribution in [3.63, 3.8) is 0 Å².